The highest BCUT2D eigenvalue weighted by Crippen LogP contribution is 2.20. The summed E-state index contributed by atoms with van der Waals surface area (Å²) in [5, 5.41) is 7.66. The number of anilines is 1. The first kappa shape index (κ1) is 23.1. The fourth-order valence-corrected chi connectivity index (χ4v) is 3.44. The molecule has 3 rings (SSSR count). The Labute approximate surface area is 185 Å². The smallest absolute Gasteiger partial charge is 0.338 e. The molecule has 32 heavy (non-hydrogen) atoms. The number of hydrogen-bond donors (Lipinski definition) is 3. The molecule has 1 aliphatic carbocycles. The van der Waals surface area contributed by atoms with Crippen LogP contribution in [0, 0.1) is 6.92 Å². The first-order valence-corrected chi connectivity index (χ1v) is 10.6. The molecule has 1 aliphatic rings. The lowest BCUT2D eigenvalue weighted by Gasteiger charge is -2.23. The van der Waals surface area contributed by atoms with Crippen molar-refractivity contribution in [1.29, 1.82) is 0 Å². The Kier molecular flexibility index (Phi) is 7.64. The molecule has 0 bridgehead atoms. The number of urea groups is 1. The van der Waals surface area contributed by atoms with E-state index >= 15 is 0 Å². The molecule has 4 amide bonds. The molecule has 0 saturated heterocycles. The Morgan fingerprint density at radius 2 is 1.84 bits per heavy atom. The van der Waals surface area contributed by atoms with Crippen molar-refractivity contribution in [2.45, 2.75) is 58.1 Å². The standard InChI is InChI=1S/C23H27N3O6/c1-14-10-11-16(13-18(14)25-21(28)19-9-6-12-31-19)22(29)32-15(2)20(27)26-23(30)24-17-7-4-3-5-8-17/h6,9-13,15,17H,3-5,7-8H2,1-2H3,(H,25,28)(H2,24,26,27,30)/t15-/m1/s1. The van der Waals surface area contributed by atoms with Crippen LogP contribution in [0.5, 0.6) is 0 Å². The molecular weight excluding hydrogens is 414 g/mol. The predicted octanol–water partition coefficient (Wildman–Crippen LogP) is 3.54. The van der Waals surface area contributed by atoms with Crippen LogP contribution in [0.25, 0.3) is 0 Å². The second kappa shape index (κ2) is 10.6. The van der Waals surface area contributed by atoms with E-state index in [0.717, 1.165) is 37.7 Å². The van der Waals surface area contributed by atoms with E-state index in [1.807, 2.05) is 0 Å². The summed E-state index contributed by atoms with van der Waals surface area (Å²) < 4.78 is 10.3. The van der Waals surface area contributed by atoms with Crippen molar-refractivity contribution in [1.82, 2.24) is 10.6 Å². The van der Waals surface area contributed by atoms with Gasteiger partial charge in [-0.05, 0) is 56.5 Å². The number of furan rings is 1. The molecule has 1 aromatic heterocycles. The minimum absolute atomic E-state index is 0.0526. The molecule has 2 aromatic rings. The second-order valence-corrected chi connectivity index (χ2v) is 7.81. The zero-order chi connectivity index (χ0) is 23.1. The van der Waals surface area contributed by atoms with Crippen molar-refractivity contribution in [3.8, 4) is 0 Å². The van der Waals surface area contributed by atoms with Gasteiger partial charge < -0.3 is 19.8 Å². The van der Waals surface area contributed by atoms with Gasteiger partial charge in [0, 0.05) is 11.7 Å². The summed E-state index contributed by atoms with van der Waals surface area (Å²) in [5.41, 5.74) is 1.29. The van der Waals surface area contributed by atoms with E-state index in [-0.39, 0.29) is 17.4 Å². The lowest BCUT2D eigenvalue weighted by Crippen LogP contribution is -2.48. The summed E-state index contributed by atoms with van der Waals surface area (Å²) in [6, 6.07) is 7.21. The Hall–Kier alpha value is -3.62. The Bertz CT molecular complexity index is 980. The quantitative estimate of drug-likeness (QED) is 0.589. The van der Waals surface area contributed by atoms with E-state index in [1.165, 1.54) is 31.4 Å². The molecule has 0 aliphatic heterocycles. The highest BCUT2D eigenvalue weighted by atomic mass is 16.5. The Balaban J connectivity index is 1.55. The topological polar surface area (TPSA) is 127 Å². The predicted molar refractivity (Wildman–Crippen MR) is 116 cm³/mol. The number of imide groups is 1. The van der Waals surface area contributed by atoms with Gasteiger partial charge in [0.2, 0.25) is 0 Å². The molecule has 170 valence electrons. The van der Waals surface area contributed by atoms with Gasteiger partial charge in [0.15, 0.2) is 11.9 Å². The van der Waals surface area contributed by atoms with E-state index in [0.29, 0.717) is 5.69 Å². The normalized spacial score (nSPS) is 14.8. The summed E-state index contributed by atoms with van der Waals surface area (Å²) in [4.78, 5) is 49.0. The van der Waals surface area contributed by atoms with Crippen molar-refractivity contribution in [2.24, 2.45) is 0 Å². The van der Waals surface area contributed by atoms with Crippen LogP contribution in [-0.4, -0.2) is 36.0 Å². The average molecular weight is 441 g/mol. The molecule has 3 N–H and O–H groups in total. The number of nitrogens with one attached hydrogen (secondary N) is 3. The third-order valence-electron chi connectivity index (χ3n) is 5.30. The van der Waals surface area contributed by atoms with Crippen LogP contribution in [0.2, 0.25) is 0 Å². The fourth-order valence-electron chi connectivity index (χ4n) is 3.44. The number of esters is 1. The molecule has 1 fully saturated rings. The third-order valence-corrected chi connectivity index (χ3v) is 5.30. The zero-order valence-electron chi connectivity index (χ0n) is 18.1. The van der Waals surface area contributed by atoms with Gasteiger partial charge in [-0.2, -0.15) is 0 Å². The monoisotopic (exact) mass is 441 g/mol. The molecule has 1 aromatic carbocycles. The lowest BCUT2D eigenvalue weighted by molar-refractivity contribution is -0.127. The molecular formula is C23H27N3O6. The molecule has 1 atom stereocenters. The summed E-state index contributed by atoms with van der Waals surface area (Å²) in [7, 11) is 0. The summed E-state index contributed by atoms with van der Waals surface area (Å²) in [6.45, 7) is 3.16. The van der Waals surface area contributed by atoms with Crippen LogP contribution in [-0.2, 0) is 9.53 Å². The van der Waals surface area contributed by atoms with Crippen molar-refractivity contribution in [2.75, 3.05) is 5.32 Å². The molecule has 9 heteroatoms. The summed E-state index contributed by atoms with van der Waals surface area (Å²) >= 11 is 0. The number of carbonyl (C=O) groups excluding carboxylic acids is 4. The van der Waals surface area contributed by atoms with E-state index in [1.54, 1.807) is 19.1 Å². The van der Waals surface area contributed by atoms with E-state index < -0.39 is 29.9 Å². The number of carbonyl (C=O) groups is 4. The summed E-state index contributed by atoms with van der Waals surface area (Å²) in [5.74, 6) is -1.80. The van der Waals surface area contributed by atoms with E-state index in [2.05, 4.69) is 16.0 Å². The SMILES string of the molecule is Cc1ccc(C(=O)O[C@H](C)C(=O)NC(=O)NC2CCCCC2)cc1NC(=O)c1ccco1. The van der Waals surface area contributed by atoms with Crippen molar-refractivity contribution in [3.63, 3.8) is 0 Å². The number of benzene rings is 1. The third kappa shape index (κ3) is 6.19. The number of amides is 4. The maximum absolute atomic E-state index is 12.5. The van der Waals surface area contributed by atoms with Gasteiger partial charge >= 0.3 is 12.0 Å². The van der Waals surface area contributed by atoms with Crippen molar-refractivity contribution >= 4 is 29.5 Å². The van der Waals surface area contributed by atoms with Gasteiger partial charge in [-0.1, -0.05) is 25.3 Å². The van der Waals surface area contributed by atoms with Gasteiger partial charge in [-0.25, -0.2) is 9.59 Å². The van der Waals surface area contributed by atoms with Gasteiger partial charge in [0.1, 0.15) is 0 Å². The maximum Gasteiger partial charge on any atom is 0.338 e. The van der Waals surface area contributed by atoms with Crippen LogP contribution < -0.4 is 16.0 Å². The minimum atomic E-state index is -1.18. The average Bonchev–Trinajstić information content (AvgIpc) is 3.31. The van der Waals surface area contributed by atoms with Crippen molar-refractivity contribution < 1.29 is 28.3 Å². The molecule has 1 saturated carbocycles. The molecule has 0 radical (unpaired) electrons. The molecule has 0 spiro atoms. The van der Waals surface area contributed by atoms with Gasteiger partial charge in [-0.3, -0.25) is 14.9 Å². The van der Waals surface area contributed by atoms with Crippen LogP contribution in [0.15, 0.2) is 41.0 Å². The fraction of sp³-hybridized carbons (Fsp3) is 0.391. The van der Waals surface area contributed by atoms with Gasteiger partial charge in [0.25, 0.3) is 11.8 Å². The number of aryl methyl sites for hydroxylation is 1. The Morgan fingerprint density at radius 3 is 2.53 bits per heavy atom. The number of hydrogen-bond acceptors (Lipinski definition) is 6. The first-order valence-electron chi connectivity index (χ1n) is 10.6. The van der Waals surface area contributed by atoms with Crippen LogP contribution in [0.1, 0.15) is 65.5 Å². The highest BCUT2D eigenvalue weighted by molar-refractivity contribution is 6.03. The Morgan fingerprint density at radius 1 is 1.09 bits per heavy atom. The number of rotatable bonds is 6. The highest BCUT2D eigenvalue weighted by Gasteiger charge is 2.23. The summed E-state index contributed by atoms with van der Waals surface area (Å²) in [6.07, 6.45) is 5.23. The van der Waals surface area contributed by atoms with Gasteiger partial charge in [0.05, 0.1) is 11.8 Å². The first-order chi connectivity index (χ1) is 15.3. The largest absolute Gasteiger partial charge is 0.459 e. The number of ether oxygens (including phenoxy) is 1. The minimum Gasteiger partial charge on any atom is -0.459 e. The lowest BCUT2D eigenvalue weighted by atomic mass is 9.96. The maximum atomic E-state index is 12.5. The molecule has 1 heterocycles. The van der Waals surface area contributed by atoms with E-state index in [4.69, 9.17) is 9.15 Å². The van der Waals surface area contributed by atoms with Crippen LogP contribution in [0.4, 0.5) is 10.5 Å². The molecule has 0 unspecified atom stereocenters. The second-order valence-electron chi connectivity index (χ2n) is 7.81. The van der Waals surface area contributed by atoms with Crippen LogP contribution >= 0.6 is 0 Å². The zero-order valence-corrected chi connectivity index (χ0v) is 18.1. The van der Waals surface area contributed by atoms with Crippen LogP contribution in [0.3, 0.4) is 0 Å². The van der Waals surface area contributed by atoms with Gasteiger partial charge in [-0.15, -0.1) is 0 Å². The molecule has 9 nitrogen and oxygen atoms in total. The van der Waals surface area contributed by atoms with E-state index in [9.17, 15) is 19.2 Å². The van der Waals surface area contributed by atoms with Crippen molar-refractivity contribution in [3.05, 3.63) is 53.5 Å².